The van der Waals surface area contributed by atoms with E-state index in [0.29, 0.717) is 27.2 Å². The maximum absolute atomic E-state index is 12.7. The Morgan fingerprint density at radius 1 is 1.25 bits per heavy atom. The number of amides is 1. The predicted molar refractivity (Wildman–Crippen MR) is 95.1 cm³/mol. The van der Waals surface area contributed by atoms with Gasteiger partial charge in [-0.3, -0.25) is 4.79 Å². The van der Waals surface area contributed by atoms with E-state index < -0.39 is 5.97 Å². The van der Waals surface area contributed by atoms with Crippen LogP contribution in [-0.2, 0) is 4.74 Å². The maximum atomic E-state index is 12.7. The number of hydrogen-bond donors (Lipinski definition) is 1. The first-order chi connectivity index (χ1) is 11.5. The number of nitrogens with zero attached hydrogens (tertiary/aromatic N) is 2. The zero-order valence-corrected chi connectivity index (χ0v) is 15.0. The van der Waals surface area contributed by atoms with Gasteiger partial charge in [-0.25, -0.2) is 4.79 Å². The van der Waals surface area contributed by atoms with E-state index in [1.54, 1.807) is 25.1 Å². The molecule has 0 fully saturated rings. The van der Waals surface area contributed by atoms with E-state index in [-0.39, 0.29) is 12.5 Å². The molecule has 6 nitrogen and oxygen atoms in total. The van der Waals surface area contributed by atoms with Crippen molar-refractivity contribution in [3.05, 3.63) is 39.8 Å². The monoisotopic (exact) mass is 361 g/mol. The summed E-state index contributed by atoms with van der Waals surface area (Å²) in [5.41, 5.74) is 2.90. The van der Waals surface area contributed by atoms with Crippen molar-refractivity contribution in [3.63, 3.8) is 0 Å². The standard InChI is InChI=1S/C16H15N3O3S2/c1-4-22-16(21)12-8(2)9(3)23-15(12)17-14(20)10-6-5-7-11-13(10)19-24-18-11/h5-7H,4H2,1-3H3,(H,17,20). The van der Waals surface area contributed by atoms with E-state index in [1.807, 2.05) is 13.8 Å². The SMILES string of the molecule is CCOC(=O)c1c(NC(=O)c2cccc3nsnc23)sc(C)c1C. The molecule has 1 N–H and O–H groups in total. The summed E-state index contributed by atoms with van der Waals surface area (Å²) in [4.78, 5) is 25.8. The van der Waals surface area contributed by atoms with Crippen LogP contribution in [0, 0.1) is 13.8 Å². The van der Waals surface area contributed by atoms with Crippen molar-refractivity contribution in [1.82, 2.24) is 8.75 Å². The van der Waals surface area contributed by atoms with Crippen LogP contribution in [0.4, 0.5) is 5.00 Å². The second kappa shape index (κ2) is 6.66. The third-order valence-electron chi connectivity index (χ3n) is 3.62. The largest absolute Gasteiger partial charge is 0.462 e. The summed E-state index contributed by atoms with van der Waals surface area (Å²) in [6, 6.07) is 5.26. The third kappa shape index (κ3) is 2.90. The molecule has 2 aromatic heterocycles. The number of rotatable bonds is 4. The van der Waals surface area contributed by atoms with Gasteiger partial charge in [0.25, 0.3) is 5.91 Å². The van der Waals surface area contributed by atoms with Gasteiger partial charge in [0.2, 0.25) is 0 Å². The molecule has 8 heteroatoms. The molecule has 0 unspecified atom stereocenters. The molecule has 0 atom stereocenters. The Bertz CT molecular complexity index is 930. The molecule has 0 aliphatic carbocycles. The maximum Gasteiger partial charge on any atom is 0.341 e. The number of aryl methyl sites for hydroxylation is 1. The first-order valence-electron chi connectivity index (χ1n) is 7.32. The van der Waals surface area contributed by atoms with Gasteiger partial charge in [0.1, 0.15) is 16.0 Å². The van der Waals surface area contributed by atoms with Crippen LogP contribution >= 0.6 is 23.1 Å². The van der Waals surface area contributed by atoms with Gasteiger partial charge in [0.05, 0.1) is 29.5 Å². The number of hydrogen-bond acceptors (Lipinski definition) is 7. The number of nitrogens with one attached hydrogen (secondary N) is 1. The topological polar surface area (TPSA) is 81.2 Å². The predicted octanol–water partition coefficient (Wildman–Crippen LogP) is 3.80. The van der Waals surface area contributed by atoms with Crippen LogP contribution < -0.4 is 5.32 Å². The van der Waals surface area contributed by atoms with Gasteiger partial charge in [0.15, 0.2) is 0 Å². The van der Waals surface area contributed by atoms with Gasteiger partial charge >= 0.3 is 5.97 Å². The van der Waals surface area contributed by atoms with Gasteiger partial charge in [-0.2, -0.15) is 8.75 Å². The van der Waals surface area contributed by atoms with Crippen LogP contribution in [-0.4, -0.2) is 27.2 Å². The Hall–Kier alpha value is -2.32. The molecular formula is C16H15N3O3S2. The fraction of sp³-hybridized carbons (Fsp3) is 0.250. The van der Waals surface area contributed by atoms with E-state index in [9.17, 15) is 9.59 Å². The second-order valence-electron chi connectivity index (χ2n) is 5.10. The highest BCUT2D eigenvalue weighted by atomic mass is 32.1. The highest BCUT2D eigenvalue weighted by molar-refractivity contribution is 7.16. The van der Waals surface area contributed by atoms with Crippen LogP contribution in [0.2, 0.25) is 0 Å². The molecule has 0 saturated carbocycles. The molecule has 1 amide bonds. The molecule has 24 heavy (non-hydrogen) atoms. The summed E-state index contributed by atoms with van der Waals surface area (Å²) < 4.78 is 13.4. The van der Waals surface area contributed by atoms with Gasteiger partial charge in [-0.05, 0) is 38.5 Å². The minimum atomic E-state index is -0.428. The minimum absolute atomic E-state index is 0.282. The van der Waals surface area contributed by atoms with Crippen molar-refractivity contribution in [2.75, 3.05) is 11.9 Å². The van der Waals surface area contributed by atoms with Gasteiger partial charge < -0.3 is 10.1 Å². The number of carbonyl (C=O) groups is 2. The Labute approximate surface area is 146 Å². The molecule has 0 spiro atoms. The van der Waals surface area contributed by atoms with Crippen molar-refractivity contribution in [2.45, 2.75) is 20.8 Å². The normalized spacial score (nSPS) is 10.8. The first-order valence-corrected chi connectivity index (χ1v) is 8.87. The average molecular weight is 361 g/mol. The minimum Gasteiger partial charge on any atom is -0.462 e. The zero-order valence-electron chi connectivity index (χ0n) is 13.4. The van der Waals surface area contributed by atoms with Gasteiger partial charge in [-0.1, -0.05) is 6.07 Å². The molecule has 0 radical (unpaired) electrons. The molecule has 2 heterocycles. The third-order valence-corrected chi connectivity index (χ3v) is 5.29. The molecular weight excluding hydrogens is 346 g/mol. The van der Waals surface area contributed by atoms with Crippen molar-refractivity contribution in [1.29, 1.82) is 0 Å². The first kappa shape index (κ1) is 16.5. The van der Waals surface area contributed by atoms with Crippen LogP contribution in [0.3, 0.4) is 0 Å². The lowest BCUT2D eigenvalue weighted by molar-refractivity contribution is 0.0527. The molecule has 1 aromatic carbocycles. The van der Waals surface area contributed by atoms with Gasteiger partial charge in [-0.15, -0.1) is 11.3 Å². The fourth-order valence-electron chi connectivity index (χ4n) is 2.32. The Morgan fingerprint density at radius 2 is 2.04 bits per heavy atom. The van der Waals surface area contributed by atoms with E-state index in [1.165, 1.54) is 11.3 Å². The molecule has 0 saturated heterocycles. The number of fused-ring (bicyclic) bond motifs is 1. The smallest absolute Gasteiger partial charge is 0.341 e. The number of thiophene rings is 1. The van der Waals surface area contributed by atoms with Crippen molar-refractivity contribution in [2.24, 2.45) is 0 Å². The summed E-state index contributed by atoms with van der Waals surface area (Å²) >= 11 is 2.42. The lowest BCUT2D eigenvalue weighted by atomic mass is 10.1. The fourth-order valence-corrected chi connectivity index (χ4v) is 3.92. The Kier molecular flexibility index (Phi) is 4.59. The molecule has 3 rings (SSSR count). The molecule has 3 aromatic rings. The highest BCUT2D eigenvalue weighted by Gasteiger charge is 2.23. The summed E-state index contributed by atoms with van der Waals surface area (Å²) in [6.45, 7) is 5.78. The van der Waals surface area contributed by atoms with Crippen LogP contribution in [0.25, 0.3) is 11.0 Å². The van der Waals surface area contributed by atoms with Crippen LogP contribution in [0.15, 0.2) is 18.2 Å². The van der Waals surface area contributed by atoms with Crippen LogP contribution in [0.5, 0.6) is 0 Å². The Morgan fingerprint density at radius 3 is 2.79 bits per heavy atom. The summed E-state index contributed by atoms with van der Waals surface area (Å²) in [6.07, 6.45) is 0. The van der Waals surface area contributed by atoms with Gasteiger partial charge in [0, 0.05) is 4.88 Å². The number of anilines is 1. The van der Waals surface area contributed by atoms with E-state index >= 15 is 0 Å². The second-order valence-corrected chi connectivity index (χ2v) is 6.85. The highest BCUT2D eigenvalue weighted by Crippen LogP contribution is 2.33. The summed E-state index contributed by atoms with van der Waals surface area (Å²) in [5.74, 6) is -0.747. The number of ether oxygens (including phenoxy) is 1. The lowest BCUT2D eigenvalue weighted by Crippen LogP contribution is -2.15. The van der Waals surface area contributed by atoms with Crippen molar-refractivity contribution < 1.29 is 14.3 Å². The molecule has 0 aliphatic rings. The quantitative estimate of drug-likeness (QED) is 0.715. The van der Waals surface area contributed by atoms with Crippen molar-refractivity contribution in [3.8, 4) is 0 Å². The molecule has 0 aliphatic heterocycles. The van der Waals surface area contributed by atoms with E-state index in [2.05, 4.69) is 14.1 Å². The summed E-state index contributed by atoms with van der Waals surface area (Å²) in [5, 5.41) is 3.32. The van der Waals surface area contributed by atoms with Crippen molar-refractivity contribution >= 4 is 51.0 Å². The molecule has 124 valence electrons. The Balaban J connectivity index is 1.96. The number of aromatic nitrogens is 2. The molecule has 0 bridgehead atoms. The number of esters is 1. The number of benzene rings is 1. The van der Waals surface area contributed by atoms with E-state index in [4.69, 9.17) is 4.74 Å². The number of carbonyl (C=O) groups excluding carboxylic acids is 2. The lowest BCUT2D eigenvalue weighted by Gasteiger charge is -2.07. The van der Waals surface area contributed by atoms with E-state index in [0.717, 1.165) is 22.2 Å². The van der Waals surface area contributed by atoms with Crippen LogP contribution in [0.1, 0.15) is 38.1 Å². The summed E-state index contributed by atoms with van der Waals surface area (Å²) in [7, 11) is 0. The zero-order chi connectivity index (χ0) is 17.3. The average Bonchev–Trinajstić information content (AvgIpc) is 3.12.